The van der Waals surface area contributed by atoms with Gasteiger partial charge < -0.3 is 19.4 Å². The van der Waals surface area contributed by atoms with E-state index in [1.54, 1.807) is 13.0 Å². The van der Waals surface area contributed by atoms with Crippen LogP contribution in [-0.4, -0.2) is 23.3 Å². The molecule has 0 fully saturated rings. The summed E-state index contributed by atoms with van der Waals surface area (Å²) >= 11 is 0. The lowest BCUT2D eigenvalue weighted by atomic mass is 9.96. The Morgan fingerprint density at radius 1 is 1.38 bits per heavy atom. The van der Waals surface area contributed by atoms with Crippen LogP contribution in [0.15, 0.2) is 27.4 Å². The number of aryl methyl sites for hydroxylation is 1. The first-order valence-electron chi connectivity index (χ1n) is 6.19. The molecule has 2 aromatic rings. The first-order valence-corrected chi connectivity index (χ1v) is 6.19. The number of benzene rings is 1. The summed E-state index contributed by atoms with van der Waals surface area (Å²) in [5, 5.41) is 20.3. The maximum atomic E-state index is 12.6. The number of rotatable bonds is 1. The van der Waals surface area contributed by atoms with Crippen LogP contribution < -0.4 is 5.43 Å². The van der Waals surface area contributed by atoms with Crippen molar-refractivity contribution in [2.75, 3.05) is 7.11 Å². The molecule has 0 radical (unpaired) electrons. The van der Waals surface area contributed by atoms with Crippen molar-refractivity contribution in [3.8, 4) is 5.75 Å². The van der Waals surface area contributed by atoms with E-state index in [0.717, 1.165) is 13.2 Å². The van der Waals surface area contributed by atoms with Gasteiger partial charge in [-0.25, -0.2) is 4.79 Å². The Balaban J connectivity index is 2.42. The van der Waals surface area contributed by atoms with Crippen LogP contribution in [0.1, 0.15) is 16.9 Å². The van der Waals surface area contributed by atoms with Gasteiger partial charge in [-0.1, -0.05) is 0 Å². The lowest BCUT2D eigenvalue weighted by molar-refractivity contribution is -0.158. The van der Waals surface area contributed by atoms with E-state index in [1.165, 1.54) is 12.1 Å². The Bertz CT molecular complexity index is 861. The van der Waals surface area contributed by atoms with Crippen molar-refractivity contribution in [1.82, 2.24) is 0 Å². The second kappa shape index (κ2) is 4.20. The fourth-order valence-electron chi connectivity index (χ4n) is 2.53. The quantitative estimate of drug-likeness (QED) is 0.765. The number of aromatic hydroxyl groups is 1. The van der Waals surface area contributed by atoms with Crippen LogP contribution in [0, 0.1) is 6.92 Å². The Kier molecular flexibility index (Phi) is 2.67. The van der Waals surface area contributed by atoms with E-state index in [4.69, 9.17) is 4.42 Å². The number of phenolic OH excluding ortho intramolecular Hbond substituents is 1. The second-order valence-corrected chi connectivity index (χ2v) is 4.92. The Labute approximate surface area is 118 Å². The second-order valence-electron chi connectivity index (χ2n) is 4.92. The average molecular weight is 288 g/mol. The zero-order valence-corrected chi connectivity index (χ0v) is 11.3. The number of carbonyl (C=O) groups is 1. The highest BCUT2D eigenvalue weighted by molar-refractivity contribution is 5.92. The average Bonchev–Trinajstić information content (AvgIpc) is 2.76. The summed E-state index contributed by atoms with van der Waals surface area (Å²) in [4.78, 5) is 24.3. The lowest BCUT2D eigenvalue weighted by Gasteiger charge is -2.18. The molecule has 1 heterocycles. The Hall–Kier alpha value is -2.60. The fourth-order valence-corrected chi connectivity index (χ4v) is 2.53. The molecule has 108 valence electrons. The molecular formula is C15H12O6. The highest BCUT2D eigenvalue weighted by atomic mass is 16.5. The van der Waals surface area contributed by atoms with Gasteiger partial charge in [-0.15, -0.1) is 0 Å². The number of aliphatic hydroxyl groups is 1. The Morgan fingerprint density at radius 2 is 2.10 bits per heavy atom. The van der Waals surface area contributed by atoms with E-state index in [0.29, 0.717) is 5.56 Å². The summed E-state index contributed by atoms with van der Waals surface area (Å²) in [6.07, 6.45) is 2.48. The number of hydrogen-bond acceptors (Lipinski definition) is 6. The van der Waals surface area contributed by atoms with Gasteiger partial charge in [0.25, 0.3) is 0 Å². The van der Waals surface area contributed by atoms with Crippen molar-refractivity contribution >= 4 is 23.0 Å². The topological polar surface area (TPSA) is 97.0 Å². The molecule has 1 aliphatic rings. The highest BCUT2D eigenvalue weighted by Gasteiger charge is 2.45. The van der Waals surface area contributed by atoms with Crippen LogP contribution in [0.3, 0.4) is 0 Å². The lowest BCUT2D eigenvalue weighted by Crippen LogP contribution is -2.37. The largest absolute Gasteiger partial charge is 0.507 e. The molecule has 3 rings (SSSR count). The molecule has 0 saturated heterocycles. The third kappa shape index (κ3) is 1.69. The molecule has 0 aliphatic heterocycles. The van der Waals surface area contributed by atoms with Crippen molar-refractivity contribution in [2.24, 2.45) is 0 Å². The van der Waals surface area contributed by atoms with Crippen LogP contribution in [0.25, 0.3) is 17.0 Å². The first kappa shape index (κ1) is 13.4. The molecule has 2 N–H and O–H groups in total. The van der Waals surface area contributed by atoms with Crippen LogP contribution in [0.4, 0.5) is 0 Å². The molecule has 1 aliphatic carbocycles. The van der Waals surface area contributed by atoms with Crippen molar-refractivity contribution < 1.29 is 24.2 Å². The van der Waals surface area contributed by atoms with Crippen LogP contribution in [0.2, 0.25) is 0 Å². The number of fused-ring (bicyclic) bond motifs is 2. The summed E-state index contributed by atoms with van der Waals surface area (Å²) in [5.41, 5.74) is -2.21. The maximum Gasteiger partial charge on any atom is 0.347 e. The van der Waals surface area contributed by atoms with E-state index in [2.05, 4.69) is 4.74 Å². The predicted octanol–water partition coefficient (Wildman–Crippen LogP) is 1.19. The Morgan fingerprint density at radius 3 is 2.76 bits per heavy atom. The monoisotopic (exact) mass is 288 g/mol. The van der Waals surface area contributed by atoms with Gasteiger partial charge >= 0.3 is 5.97 Å². The summed E-state index contributed by atoms with van der Waals surface area (Å²) in [5.74, 6) is -1.18. The molecule has 6 nitrogen and oxygen atoms in total. The zero-order valence-electron chi connectivity index (χ0n) is 11.3. The van der Waals surface area contributed by atoms with Crippen molar-refractivity contribution in [1.29, 1.82) is 0 Å². The van der Waals surface area contributed by atoms with E-state index in [1.807, 2.05) is 0 Å². The smallest absolute Gasteiger partial charge is 0.347 e. The van der Waals surface area contributed by atoms with E-state index in [9.17, 15) is 19.8 Å². The van der Waals surface area contributed by atoms with Gasteiger partial charge in [0.05, 0.1) is 12.7 Å². The molecule has 21 heavy (non-hydrogen) atoms. The van der Waals surface area contributed by atoms with Gasteiger partial charge in [-0.3, -0.25) is 4.79 Å². The fraction of sp³-hybridized carbons (Fsp3) is 0.200. The highest BCUT2D eigenvalue weighted by Crippen LogP contribution is 2.36. The molecule has 1 aromatic heterocycles. The van der Waals surface area contributed by atoms with Crippen LogP contribution in [-0.2, 0) is 15.1 Å². The normalized spacial score (nSPS) is 19.8. The molecule has 0 spiro atoms. The molecular weight excluding hydrogens is 276 g/mol. The standard InChI is InChI=1S/C15H12O6/c1-7-5-8(16)11-10(6-7)21-9-3-4-15(19,14(18)20-2)12(9)13(11)17/h3-6,16,19H,1-2H3/t15-/m1/s1. The third-order valence-electron chi connectivity index (χ3n) is 3.50. The van der Waals surface area contributed by atoms with Crippen LogP contribution >= 0.6 is 0 Å². The van der Waals surface area contributed by atoms with Gasteiger partial charge in [0, 0.05) is 0 Å². The maximum absolute atomic E-state index is 12.6. The molecule has 6 heteroatoms. The third-order valence-corrected chi connectivity index (χ3v) is 3.50. The summed E-state index contributed by atoms with van der Waals surface area (Å²) in [6.45, 7) is 1.74. The predicted molar refractivity (Wildman–Crippen MR) is 73.8 cm³/mol. The SMILES string of the molecule is COC(=O)[C@@]1(O)C=Cc2oc3cc(C)cc(O)c3c(=O)c21. The number of carbonyl (C=O) groups excluding carboxylic acids is 1. The minimum atomic E-state index is -2.20. The summed E-state index contributed by atoms with van der Waals surface area (Å²) in [7, 11) is 1.11. The number of phenols is 1. The van der Waals surface area contributed by atoms with Crippen LogP contribution in [0.5, 0.6) is 5.75 Å². The number of methoxy groups -OCH3 is 1. The van der Waals surface area contributed by atoms with E-state index >= 15 is 0 Å². The van der Waals surface area contributed by atoms with Crippen molar-refractivity contribution in [2.45, 2.75) is 12.5 Å². The summed E-state index contributed by atoms with van der Waals surface area (Å²) in [6, 6.07) is 3.01. The number of hydrogen-bond donors (Lipinski definition) is 2. The van der Waals surface area contributed by atoms with Crippen molar-refractivity contribution in [3.05, 3.63) is 45.3 Å². The minimum absolute atomic E-state index is 0.0744. The summed E-state index contributed by atoms with van der Waals surface area (Å²) < 4.78 is 10.0. The minimum Gasteiger partial charge on any atom is -0.507 e. The molecule has 0 bridgehead atoms. The van der Waals surface area contributed by atoms with Gasteiger partial charge in [0.15, 0.2) is 0 Å². The molecule has 0 saturated carbocycles. The molecule has 1 aromatic carbocycles. The molecule has 1 atom stereocenters. The zero-order chi connectivity index (χ0) is 15.4. The van der Waals surface area contributed by atoms with Gasteiger partial charge in [-0.2, -0.15) is 0 Å². The van der Waals surface area contributed by atoms with E-state index in [-0.39, 0.29) is 28.0 Å². The first-order chi connectivity index (χ1) is 9.88. The van der Waals surface area contributed by atoms with Crippen molar-refractivity contribution in [3.63, 3.8) is 0 Å². The molecule has 0 unspecified atom stereocenters. The van der Waals surface area contributed by atoms with Gasteiger partial charge in [0.1, 0.15) is 22.5 Å². The van der Waals surface area contributed by atoms with Gasteiger partial charge in [-0.05, 0) is 36.8 Å². The molecule has 0 amide bonds. The van der Waals surface area contributed by atoms with Gasteiger partial charge in [0.2, 0.25) is 11.0 Å². The number of ether oxygens (including phenoxy) is 1. The number of esters is 1. The van der Waals surface area contributed by atoms with E-state index < -0.39 is 17.0 Å².